The Morgan fingerprint density at radius 2 is 0.943 bits per heavy atom. The van der Waals surface area contributed by atoms with E-state index in [-0.39, 0.29) is 29.5 Å². The first-order valence-electron chi connectivity index (χ1n) is 38.7. The predicted molar refractivity (Wildman–Crippen MR) is 449 cm³/mol. The number of para-hydroxylation sites is 4. The van der Waals surface area contributed by atoms with Crippen LogP contribution in [-0.4, -0.2) is 21.9 Å². The summed E-state index contributed by atoms with van der Waals surface area (Å²) in [5, 5.41) is 10.1. The molecule has 4 unspecified atom stereocenters. The number of hydrogen-bond donors (Lipinski definition) is 0. The fourth-order valence-electron chi connectivity index (χ4n) is 19.6. The van der Waals surface area contributed by atoms with Gasteiger partial charge in [0.25, 0.3) is 6.71 Å². The Labute approximate surface area is 618 Å². The Balaban J connectivity index is 0.984. The van der Waals surface area contributed by atoms with Crippen molar-refractivity contribution in [3.8, 4) is 44.8 Å². The number of nitrogens with zero attached hydrogens (tertiary/aromatic N) is 4. The van der Waals surface area contributed by atoms with Crippen molar-refractivity contribution in [2.75, 3.05) is 9.80 Å². The lowest BCUT2D eigenvalue weighted by Gasteiger charge is -2.53. The van der Waals surface area contributed by atoms with Crippen LogP contribution in [-0.2, 0) is 5.41 Å². The molecule has 4 nitrogen and oxygen atoms in total. The lowest BCUT2D eigenvalue weighted by atomic mass is 9.33. The molecule has 0 amide bonds. The third-order valence-electron chi connectivity index (χ3n) is 24.8. The van der Waals surface area contributed by atoms with Crippen molar-refractivity contribution in [1.29, 1.82) is 0 Å². The SMILES string of the molecule is CC(C)(C)c1cc(-c2ccccc2)c(N2c3cc(-n4c5ccccc5c5ccccc54)ccc3B3c4ccc(-n5c6ccccc6c6ccccc65)cc4N(C4C(C5CC=CCC5)=CC(C(C)(C)C)CC4C4=CCCCC4)c4cc(-c5cc6ccccc6c6ccccc56)cc2c43)c(-c2ccccc2)c1. The van der Waals surface area contributed by atoms with Crippen LogP contribution in [0, 0.1) is 23.2 Å². The maximum absolute atomic E-state index is 3.03. The van der Waals surface area contributed by atoms with Gasteiger partial charge in [0.15, 0.2) is 0 Å². The molecule has 2 aromatic heterocycles. The van der Waals surface area contributed by atoms with Crippen LogP contribution < -0.4 is 26.2 Å². The van der Waals surface area contributed by atoms with Crippen LogP contribution in [0.3, 0.4) is 0 Å². The molecule has 3 aliphatic carbocycles. The van der Waals surface area contributed by atoms with Crippen LogP contribution in [0.5, 0.6) is 0 Å². The van der Waals surface area contributed by atoms with E-state index in [1.807, 2.05) is 0 Å². The normalized spacial score (nSPS) is 18.1. The fraction of sp³-hybridized carbons (Fsp3) is 0.200. The molecule has 105 heavy (non-hydrogen) atoms. The molecular weight excluding hydrogens is 1270 g/mol. The molecule has 0 N–H and O–H groups in total. The minimum atomic E-state index is -0.188. The molecule has 2 aliphatic heterocycles. The highest BCUT2D eigenvalue weighted by Crippen LogP contribution is 2.57. The summed E-state index contributed by atoms with van der Waals surface area (Å²) < 4.78 is 5.12. The van der Waals surface area contributed by atoms with E-state index in [2.05, 4.69) is 358 Å². The summed E-state index contributed by atoms with van der Waals surface area (Å²) >= 11 is 0. The van der Waals surface area contributed by atoms with E-state index in [4.69, 9.17) is 0 Å². The lowest BCUT2D eigenvalue weighted by molar-refractivity contribution is 0.220. The molecule has 0 radical (unpaired) electrons. The average Bonchev–Trinajstić information content (AvgIpc) is 0.938. The van der Waals surface area contributed by atoms with Crippen molar-refractivity contribution < 1.29 is 0 Å². The Bertz CT molecular complexity index is 5960. The van der Waals surface area contributed by atoms with E-state index in [1.54, 1.807) is 11.1 Å². The summed E-state index contributed by atoms with van der Waals surface area (Å²) in [6, 6.07) is 106. The number of rotatable bonds is 9. The monoisotopic (exact) mass is 1350 g/mol. The van der Waals surface area contributed by atoms with E-state index in [0.29, 0.717) is 11.8 Å². The minimum absolute atomic E-state index is 0.00334. The number of fused-ring (bicyclic) bond motifs is 13. The Morgan fingerprint density at radius 1 is 0.419 bits per heavy atom. The Hall–Kier alpha value is -11.1. The molecule has 0 bridgehead atoms. The summed E-state index contributed by atoms with van der Waals surface area (Å²) in [6.45, 7) is 14.5. The standard InChI is InChI=1S/C100H87BN4/c1-99(2,3)70-58-82(64-31-11-7-12-32-64)97(83(59-70)65-33-13-8-14-34-65)104-92-62-72(102-88-47-27-23-43-77(88)78-44-24-28-48-89(78)102)51-53-86(92)101-87-54-52-73(103-90-49-29-25-45-79(90)80-46-26-30-50-91(80)103)63-93(87)105(98-84(66-35-15-9-16-36-66)60-71(100(4,5)6)61-85(98)67-37-17-10-18-38-67)95-57-69(56-94(104)96(95)101)81-55-68-39-19-20-40-74(68)75-41-21-22-42-76(75)81/h7-9,11-15,19-34,37,39-60,62-63,66,71,85,98H,10,16-18,35-36,38,61H2,1-6H3. The summed E-state index contributed by atoms with van der Waals surface area (Å²) in [6.07, 6.45) is 19.7. The second kappa shape index (κ2) is 24.8. The summed E-state index contributed by atoms with van der Waals surface area (Å²) in [5.74, 6) is 1.02. The number of benzene rings is 13. The zero-order valence-electron chi connectivity index (χ0n) is 61.1. The van der Waals surface area contributed by atoms with Gasteiger partial charge in [-0.2, -0.15) is 0 Å². The molecule has 13 aromatic carbocycles. The van der Waals surface area contributed by atoms with Crippen molar-refractivity contribution in [3.05, 3.63) is 314 Å². The molecule has 0 fully saturated rings. The van der Waals surface area contributed by atoms with Gasteiger partial charge in [-0.3, -0.25) is 0 Å². The quantitative estimate of drug-likeness (QED) is 0.0814. The first kappa shape index (κ1) is 63.5. The van der Waals surface area contributed by atoms with E-state index in [1.165, 1.54) is 167 Å². The van der Waals surface area contributed by atoms with Gasteiger partial charge in [0.2, 0.25) is 0 Å². The van der Waals surface area contributed by atoms with Crippen LogP contribution in [0.1, 0.15) is 98.5 Å². The van der Waals surface area contributed by atoms with Crippen molar-refractivity contribution in [3.63, 3.8) is 0 Å². The molecule has 20 rings (SSSR count). The van der Waals surface area contributed by atoms with Gasteiger partial charge in [0.05, 0.1) is 33.8 Å². The highest BCUT2D eigenvalue weighted by molar-refractivity contribution is 7.00. The van der Waals surface area contributed by atoms with Gasteiger partial charge < -0.3 is 18.9 Å². The third kappa shape index (κ3) is 10.3. The smallest absolute Gasteiger partial charge is 0.252 e. The van der Waals surface area contributed by atoms with Crippen LogP contribution in [0.4, 0.5) is 28.4 Å². The largest absolute Gasteiger partial charge is 0.334 e. The second-order valence-corrected chi connectivity index (χ2v) is 32.8. The first-order valence-corrected chi connectivity index (χ1v) is 38.7. The molecule has 0 spiro atoms. The van der Waals surface area contributed by atoms with E-state index >= 15 is 0 Å². The zero-order chi connectivity index (χ0) is 70.4. The van der Waals surface area contributed by atoms with Crippen LogP contribution >= 0.6 is 0 Å². The summed E-state index contributed by atoms with van der Waals surface area (Å²) in [7, 11) is 0. The molecule has 4 atom stereocenters. The van der Waals surface area contributed by atoms with E-state index < -0.39 is 0 Å². The van der Waals surface area contributed by atoms with Gasteiger partial charge in [0.1, 0.15) is 0 Å². The van der Waals surface area contributed by atoms with Crippen LogP contribution in [0.15, 0.2) is 308 Å². The third-order valence-corrected chi connectivity index (χ3v) is 24.8. The minimum Gasteiger partial charge on any atom is -0.334 e. The van der Waals surface area contributed by atoms with Gasteiger partial charge in [-0.1, -0.05) is 266 Å². The van der Waals surface area contributed by atoms with E-state index in [0.717, 1.165) is 44.2 Å². The summed E-state index contributed by atoms with van der Waals surface area (Å²) in [4.78, 5) is 5.84. The van der Waals surface area contributed by atoms with Gasteiger partial charge in [-0.05, 0) is 224 Å². The maximum Gasteiger partial charge on any atom is 0.252 e. The first-order chi connectivity index (χ1) is 51.4. The molecule has 15 aromatic rings. The number of anilines is 5. The van der Waals surface area contributed by atoms with Gasteiger partial charge in [-0.25, -0.2) is 0 Å². The number of hydrogen-bond acceptors (Lipinski definition) is 2. The molecule has 5 heteroatoms. The molecule has 4 heterocycles. The molecule has 510 valence electrons. The van der Waals surface area contributed by atoms with Crippen LogP contribution in [0.2, 0.25) is 0 Å². The topological polar surface area (TPSA) is 16.3 Å². The highest BCUT2D eigenvalue weighted by Gasteiger charge is 2.51. The van der Waals surface area contributed by atoms with Gasteiger partial charge >= 0.3 is 0 Å². The van der Waals surface area contributed by atoms with E-state index in [9.17, 15) is 0 Å². The Kier molecular flexibility index (Phi) is 15.0. The van der Waals surface area contributed by atoms with Crippen molar-refractivity contribution in [2.45, 2.75) is 104 Å². The van der Waals surface area contributed by atoms with Crippen molar-refractivity contribution in [2.24, 2.45) is 23.2 Å². The highest BCUT2D eigenvalue weighted by atomic mass is 15.2. The molecular formula is C100H87BN4. The Morgan fingerprint density at radius 3 is 1.50 bits per heavy atom. The predicted octanol–water partition coefficient (Wildman–Crippen LogP) is 25.1. The fourth-order valence-corrected chi connectivity index (χ4v) is 19.6. The zero-order valence-corrected chi connectivity index (χ0v) is 61.1. The maximum atomic E-state index is 3.03. The molecule has 5 aliphatic rings. The lowest BCUT2D eigenvalue weighted by Crippen LogP contribution is -2.64. The molecule has 0 saturated carbocycles. The number of aromatic nitrogens is 2. The number of allylic oxidation sites excluding steroid dienone is 4. The molecule has 0 saturated heterocycles. The average molecular weight is 1360 g/mol. The van der Waals surface area contributed by atoms with Crippen molar-refractivity contribution >= 4 is 117 Å². The van der Waals surface area contributed by atoms with Gasteiger partial charge in [-0.15, -0.1) is 0 Å². The second-order valence-electron chi connectivity index (χ2n) is 32.8. The van der Waals surface area contributed by atoms with Crippen molar-refractivity contribution in [1.82, 2.24) is 9.13 Å². The van der Waals surface area contributed by atoms with Gasteiger partial charge in [0, 0.05) is 72.7 Å². The summed E-state index contributed by atoms with van der Waals surface area (Å²) in [5.41, 5.74) is 28.9. The van der Waals surface area contributed by atoms with Crippen LogP contribution in [0.25, 0.3) is 110 Å².